The van der Waals surface area contributed by atoms with Crippen LogP contribution >= 0.6 is 23.2 Å². The Hall–Kier alpha value is -2.54. The molecule has 1 N–H and O–H groups in total. The van der Waals surface area contributed by atoms with Gasteiger partial charge in [0.25, 0.3) is 11.7 Å². The molecule has 0 radical (unpaired) electrons. The number of aliphatic hydroxyl groups is 1. The molecule has 1 atom stereocenters. The molecule has 8 heteroatoms. The Morgan fingerprint density at radius 2 is 1.88 bits per heavy atom. The summed E-state index contributed by atoms with van der Waals surface area (Å²) < 4.78 is 5.66. The van der Waals surface area contributed by atoms with Gasteiger partial charge in [-0.2, -0.15) is 0 Å². The molecule has 2 aromatic rings. The van der Waals surface area contributed by atoms with Crippen LogP contribution in [0.1, 0.15) is 36.9 Å². The van der Waals surface area contributed by atoms with Gasteiger partial charge in [0, 0.05) is 12.1 Å². The Bertz CT molecular complexity index is 1070. The molecular formula is C25H28Cl2N2O4. The molecule has 1 amide bonds. The van der Waals surface area contributed by atoms with E-state index in [9.17, 15) is 14.7 Å². The molecule has 176 valence electrons. The number of nitrogens with zero attached hydrogens (tertiary/aromatic N) is 2. The summed E-state index contributed by atoms with van der Waals surface area (Å²) >= 11 is 12.3. The SMILES string of the molecule is CCCOc1cccc(/C(O)=C2\C(=O)C(=O)N(CCCN(C)C)C2c2ccc(Cl)c(Cl)c2)c1. The summed E-state index contributed by atoms with van der Waals surface area (Å²) in [7, 11) is 3.89. The van der Waals surface area contributed by atoms with Crippen molar-refractivity contribution in [2.24, 2.45) is 0 Å². The fourth-order valence-corrected chi connectivity index (χ4v) is 4.11. The van der Waals surface area contributed by atoms with Crippen molar-refractivity contribution < 1.29 is 19.4 Å². The first kappa shape index (κ1) is 25.1. The number of ketones is 1. The minimum absolute atomic E-state index is 0.0240. The van der Waals surface area contributed by atoms with Crippen LogP contribution in [0.5, 0.6) is 5.75 Å². The lowest BCUT2D eigenvalue weighted by atomic mass is 9.95. The van der Waals surface area contributed by atoms with E-state index >= 15 is 0 Å². The molecule has 1 saturated heterocycles. The van der Waals surface area contributed by atoms with Gasteiger partial charge in [-0.15, -0.1) is 0 Å². The smallest absolute Gasteiger partial charge is 0.295 e. The van der Waals surface area contributed by atoms with Gasteiger partial charge in [-0.25, -0.2) is 0 Å². The molecule has 1 unspecified atom stereocenters. The molecule has 0 aromatic heterocycles. The zero-order valence-corrected chi connectivity index (χ0v) is 20.5. The second-order valence-corrected chi connectivity index (χ2v) is 9.01. The van der Waals surface area contributed by atoms with E-state index in [0.717, 1.165) is 13.0 Å². The monoisotopic (exact) mass is 490 g/mol. The topological polar surface area (TPSA) is 70.1 Å². The molecule has 3 rings (SSSR count). The number of halogens is 2. The van der Waals surface area contributed by atoms with E-state index < -0.39 is 17.7 Å². The van der Waals surface area contributed by atoms with E-state index in [1.54, 1.807) is 42.5 Å². The Kier molecular flexibility index (Phi) is 8.40. The molecule has 1 heterocycles. The van der Waals surface area contributed by atoms with E-state index in [0.29, 0.717) is 46.5 Å². The van der Waals surface area contributed by atoms with Crippen LogP contribution in [0.4, 0.5) is 0 Å². The second-order valence-electron chi connectivity index (χ2n) is 8.20. The maximum atomic E-state index is 13.1. The van der Waals surface area contributed by atoms with Crippen LogP contribution in [-0.2, 0) is 9.59 Å². The molecule has 1 aliphatic rings. The van der Waals surface area contributed by atoms with E-state index in [2.05, 4.69) is 0 Å². The minimum Gasteiger partial charge on any atom is -0.507 e. The Morgan fingerprint density at radius 1 is 1.12 bits per heavy atom. The number of likely N-dealkylation sites (tertiary alicyclic amines) is 1. The van der Waals surface area contributed by atoms with E-state index in [1.807, 2.05) is 25.9 Å². The van der Waals surface area contributed by atoms with Gasteiger partial charge in [0.15, 0.2) is 0 Å². The predicted octanol–water partition coefficient (Wildman–Crippen LogP) is 5.16. The van der Waals surface area contributed by atoms with Crippen molar-refractivity contribution in [3.63, 3.8) is 0 Å². The molecule has 1 aliphatic heterocycles. The number of aliphatic hydroxyl groups excluding tert-OH is 1. The lowest BCUT2D eigenvalue weighted by Gasteiger charge is -2.26. The average molecular weight is 491 g/mol. The Morgan fingerprint density at radius 3 is 2.55 bits per heavy atom. The molecular weight excluding hydrogens is 463 g/mol. The van der Waals surface area contributed by atoms with Gasteiger partial charge < -0.3 is 19.6 Å². The molecule has 0 saturated carbocycles. The summed E-state index contributed by atoms with van der Waals surface area (Å²) in [5.74, 6) is -1.05. The normalized spacial score (nSPS) is 17.8. The van der Waals surface area contributed by atoms with Crippen molar-refractivity contribution in [3.05, 3.63) is 69.2 Å². The second kappa shape index (κ2) is 11.1. The number of amides is 1. The average Bonchev–Trinajstić information content (AvgIpc) is 3.04. The highest BCUT2D eigenvalue weighted by Crippen LogP contribution is 2.41. The van der Waals surface area contributed by atoms with Crippen LogP contribution in [0.2, 0.25) is 10.0 Å². The van der Waals surface area contributed by atoms with Crippen LogP contribution < -0.4 is 4.74 Å². The number of hydrogen-bond acceptors (Lipinski definition) is 5. The van der Waals surface area contributed by atoms with Gasteiger partial charge in [-0.05, 0) is 63.3 Å². The van der Waals surface area contributed by atoms with Gasteiger partial charge in [-0.1, -0.05) is 48.3 Å². The summed E-state index contributed by atoms with van der Waals surface area (Å²) in [6, 6.07) is 11.1. The summed E-state index contributed by atoms with van der Waals surface area (Å²) in [5.41, 5.74) is 1.03. The fraction of sp³-hybridized carbons (Fsp3) is 0.360. The van der Waals surface area contributed by atoms with Gasteiger partial charge in [0.05, 0.1) is 28.3 Å². The first-order chi connectivity index (χ1) is 15.7. The number of carbonyl (C=O) groups excluding carboxylic acids is 2. The van der Waals surface area contributed by atoms with Gasteiger partial charge >= 0.3 is 0 Å². The number of rotatable bonds is 9. The summed E-state index contributed by atoms with van der Waals surface area (Å²) in [6.07, 6.45) is 1.50. The highest BCUT2D eigenvalue weighted by molar-refractivity contribution is 6.46. The number of ether oxygens (including phenoxy) is 1. The first-order valence-electron chi connectivity index (χ1n) is 10.9. The van der Waals surface area contributed by atoms with Gasteiger partial charge in [0.1, 0.15) is 11.5 Å². The van der Waals surface area contributed by atoms with Crippen LogP contribution in [-0.4, -0.2) is 60.4 Å². The van der Waals surface area contributed by atoms with Crippen molar-refractivity contribution in [3.8, 4) is 5.75 Å². The number of benzene rings is 2. The minimum atomic E-state index is -0.776. The zero-order chi connectivity index (χ0) is 24.1. The molecule has 0 bridgehead atoms. The predicted molar refractivity (Wildman–Crippen MR) is 131 cm³/mol. The van der Waals surface area contributed by atoms with E-state index in [4.69, 9.17) is 27.9 Å². The highest BCUT2D eigenvalue weighted by Gasteiger charge is 2.45. The third kappa shape index (κ3) is 5.69. The molecule has 0 aliphatic carbocycles. The van der Waals surface area contributed by atoms with Crippen LogP contribution in [0.25, 0.3) is 5.76 Å². The van der Waals surface area contributed by atoms with Crippen molar-refractivity contribution in [2.45, 2.75) is 25.8 Å². The van der Waals surface area contributed by atoms with Crippen molar-refractivity contribution in [1.29, 1.82) is 0 Å². The van der Waals surface area contributed by atoms with Crippen molar-refractivity contribution in [1.82, 2.24) is 9.80 Å². The summed E-state index contributed by atoms with van der Waals surface area (Å²) in [6.45, 7) is 3.63. The first-order valence-corrected chi connectivity index (χ1v) is 11.6. The van der Waals surface area contributed by atoms with Gasteiger partial charge in [0.2, 0.25) is 0 Å². The fourth-order valence-electron chi connectivity index (χ4n) is 3.81. The van der Waals surface area contributed by atoms with Crippen LogP contribution in [0, 0.1) is 0 Å². The lowest BCUT2D eigenvalue weighted by Crippen LogP contribution is -2.32. The number of carbonyl (C=O) groups is 2. The summed E-state index contributed by atoms with van der Waals surface area (Å²) in [5, 5.41) is 11.9. The molecule has 33 heavy (non-hydrogen) atoms. The molecule has 2 aromatic carbocycles. The molecule has 6 nitrogen and oxygen atoms in total. The number of Topliss-reactive ketones (excluding diaryl/α,β-unsaturated/α-hetero) is 1. The zero-order valence-electron chi connectivity index (χ0n) is 19.0. The number of hydrogen-bond donors (Lipinski definition) is 1. The standard InChI is InChI=1S/C25H28Cl2N2O4/c1-4-13-33-18-8-5-7-17(14-18)23(30)21-22(16-9-10-19(26)20(27)15-16)29(25(32)24(21)31)12-6-11-28(2)3/h5,7-10,14-15,22,30H,4,6,11-13H2,1-3H3/b23-21+. The molecule has 1 fully saturated rings. The van der Waals surface area contributed by atoms with Crippen molar-refractivity contribution in [2.75, 3.05) is 33.8 Å². The Labute approximate surface area is 204 Å². The lowest BCUT2D eigenvalue weighted by molar-refractivity contribution is -0.139. The third-order valence-electron chi connectivity index (χ3n) is 5.38. The summed E-state index contributed by atoms with van der Waals surface area (Å²) in [4.78, 5) is 29.6. The van der Waals surface area contributed by atoms with Crippen LogP contribution in [0.15, 0.2) is 48.0 Å². The van der Waals surface area contributed by atoms with Crippen LogP contribution in [0.3, 0.4) is 0 Å². The maximum Gasteiger partial charge on any atom is 0.295 e. The quantitative estimate of drug-likeness (QED) is 0.298. The highest BCUT2D eigenvalue weighted by atomic mass is 35.5. The van der Waals surface area contributed by atoms with Gasteiger partial charge in [-0.3, -0.25) is 9.59 Å². The van der Waals surface area contributed by atoms with E-state index in [-0.39, 0.29) is 11.3 Å². The maximum absolute atomic E-state index is 13.1. The van der Waals surface area contributed by atoms with E-state index in [1.165, 1.54) is 4.90 Å². The third-order valence-corrected chi connectivity index (χ3v) is 6.12. The molecule has 0 spiro atoms. The largest absolute Gasteiger partial charge is 0.507 e. The van der Waals surface area contributed by atoms with Crippen molar-refractivity contribution >= 4 is 40.7 Å². The Balaban J connectivity index is 2.09.